The van der Waals surface area contributed by atoms with Crippen molar-refractivity contribution in [1.29, 1.82) is 0 Å². The average molecular weight is 400 g/mol. The van der Waals surface area contributed by atoms with Gasteiger partial charge in [0.25, 0.3) is 5.65 Å². The molecule has 0 saturated heterocycles. The minimum absolute atomic E-state index is 0.0495. The van der Waals surface area contributed by atoms with Gasteiger partial charge in [-0.1, -0.05) is 78.8 Å². The fourth-order valence-corrected chi connectivity index (χ4v) is 6.60. The molecule has 2 aromatic heterocycles. The van der Waals surface area contributed by atoms with Crippen LogP contribution in [-0.2, 0) is 16.4 Å². The van der Waals surface area contributed by atoms with E-state index in [9.17, 15) is 0 Å². The van der Waals surface area contributed by atoms with Gasteiger partial charge in [-0.15, -0.1) is 0 Å². The molecule has 0 amide bonds. The summed E-state index contributed by atoms with van der Waals surface area (Å²) < 4.78 is 5.33. The summed E-state index contributed by atoms with van der Waals surface area (Å²) in [6, 6.07) is 18.5. The van der Waals surface area contributed by atoms with E-state index in [1.165, 1.54) is 38.7 Å². The molecule has 4 aromatic rings. The van der Waals surface area contributed by atoms with Gasteiger partial charge >= 0.3 is 0 Å². The lowest BCUT2D eigenvalue weighted by Crippen LogP contribution is -2.67. The zero-order valence-electron chi connectivity index (χ0n) is 19.6. The number of hydrogen-bond donors (Lipinski definition) is 0. The van der Waals surface area contributed by atoms with Gasteiger partial charge in [-0.2, -0.15) is 4.40 Å². The van der Waals surface area contributed by atoms with Crippen LogP contribution in [0.2, 0.25) is 0 Å². The average Bonchev–Trinajstić information content (AvgIpc) is 3.09. The van der Waals surface area contributed by atoms with Crippen molar-refractivity contribution < 1.29 is 4.57 Å². The van der Waals surface area contributed by atoms with E-state index in [2.05, 4.69) is 106 Å². The van der Waals surface area contributed by atoms with Gasteiger partial charge in [-0.05, 0) is 48.4 Å². The first-order chi connectivity index (χ1) is 14.2. The first-order valence-corrected chi connectivity index (χ1v) is 11.7. The van der Waals surface area contributed by atoms with Crippen molar-refractivity contribution in [3.8, 4) is 0 Å². The molecule has 1 atom stereocenters. The van der Waals surface area contributed by atoms with Gasteiger partial charge in [-0.25, -0.2) is 4.57 Å². The van der Waals surface area contributed by atoms with Crippen LogP contribution in [-0.4, -0.2) is 4.40 Å². The van der Waals surface area contributed by atoms with E-state index in [1.807, 2.05) is 0 Å². The third-order valence-electron chi connectivity index (χ3n) is 8.34. The van der Waals surface area contributed by atoms with Crippen LogP contribution in [0.1, 0.15) is 79.0 Å². The summed E-state index contributed by atoms with van der Waals surface area (Å²) in [6.07, 6.45) is 3.38. The van der Waals surface area contributed by atoms with E-state index in [1.54, 1.807) is 0 Å². The highest BCUT2D eigenvalue weighted by Gasteiger charge is 2.56. The summed E-state index contributed by atoms with van der Waals surface area (Å²) in [5, 5.41) is 2.82. The zero-order valence-corrected chi connectivity index (χ0v) is 19.6. The van der Waals surface area contributed by atoms with Crippen molar-refractivity contribution in [1.82, 2.24) is 4.40 Å². The van der Waals surface area contributed by atoms with Crippen LogP contribution in [0.15, 0.2) is 48.5 Å². The van der Waals surface area contributed by atoms with Gasteiger partial charge in [0.15, 0.2) is 11.0 Å². The fourth-order valence-electron chi connectivity index (χ4n) is 6.60. The molecule has 2 heteroatoms. The second kappa shape index (κ2) is 6.09. The molecular formula is C28H35N2+. The molecule has 30 heavy (non-hydrogen) atoms. The number of aromatic nitrogens is 2. The summed E-state index contributed by atoms with van der Waals surface area (Å²) >= 11 is 0. The minimum Gasteiger partial charge on any atom is -0.216 e. The number of pyridine rings is 1. The molecule has 0 fully saturated rings. The molecular weight excluding hydrogens is 364 g/mol. The summed E-state index contributed by atoms with van der Waals surface area (Å²) in [5.41, 5.74) is 7.20. The first kappa shape index (κ1) is 19.6. The molecule has 2 aromatic carbocycles. The number of fused-ring (bicyclic) bond motifs is 3. The Bertz CT molecular complexity index is 1300. The van der Waals surface area contributed by atoms with Gasteiger partial charge < -0.3 is 0 Å². The summed E-state index contributed by atoms with van der Waals surface area (Å²) in [6.45, 7) is 16.7. The summed E-state index contributed by atoms with van der Waals surface area (Å²) in [5.74, 6) is 0. The first-order valence-electron chi connectivity index (χ1n) is 11.7. The molecule has 0 radical (unpaired) electrons. The highest BCUT2D eigenvalue weighted by molar-refractivity contribution is 6.00. The van der Waals surface area contributed by atoms with Crippen molar-refractivity contribution in [3.63, 3.8) is 0 Å². The maximum absolute atomic E-state index is 2.75. The molecule has 3 heterocycles. The Morgan fingerprint density at radius 3 is 2.23 bits per heavy atom. The maximum atomic E-state index is 2.75. The number of imidazole rings is 1. The number of hydrogen-bond acceptors (Lipinski definition) is 0. The Morgan fingerprint density at radius 1 is 0.900 bits per heavy atom. The molecule has 1 aliphatic heterocycles. The van der Waals surface area contributed by atoms with E-state index in [0.29, 0.717) is 0 Å². The van der Waals surface area contributed by atoms with Crippen LogP contribution in [0, 0.1) is 0 Å². The van der Waals surface area contributed by atoms with Gasteiger partial charge in [-0.3, -0.25) is 0 Å². The van der Waals surface area contributed by atoms with Crippen LogP contribution in [0.3, 0.4) is 0 Å². The second-order valence-electron chi connectivity index (χ2n) is 10.5. The van der Waals surface area contributed by atoms with Crippen LogP contribution in [0.4, 0.5) is 0 Å². The highest BCUT2D eigenvalue weighted by atomic mass is 15.2. The van der Waals surface area contributed by atoms with Crippen LogP contribution >= 0.6 is 0 Å². The Kier molecular flexibility index (Phi) is 3.98. The fraction of sp³-hybridized carbons (Fsp3) is 0.464. The van der Waals surface area contributed by atoms with Crippen molar-refractivity contribution in [2.45, 2.75) is 84.1 Å². The zero-order chi connectivity index (χ0) is 21.5. The maximum Gasteiger partial charge on any atom is 0.296 e. The van der Waals surface area contributed by atoms with Gasteiger partial charge in [0.1, 0.15) is 11.2 Å². The third-order valence-corrected chi connectivity index (χ3v) is 8.34. The highest BCUT2D eigenvalue weighted by Crippen LogP contribution is 2.52. The molecule has 5 rings (SSSR count). The SMILES string of the molecule is CCC1(C)c2cccc3cc(C(C)(C)C)n4c5ccccc5[n+](c4c23)C1(CC)CC. The molecule has 0 aliphatic carbocycles. The van der Waals surface area contributed by atoms with Crippen LogP contribution in [0.5, 0.6) is 0 Å². The normalized spacial score (nSPS) is 20.6. The Hall–Kier alpha value is -2.35. The Morgan fingerprint density at radius 2 is 1.60 bits per heavy atom. The van der Waals surface area contributed by atoms with Gasteiger partial charge in [0.2, 0.25) is 0 Å². The van der Waals surface area contributed by atoms with Crippen molar-refractivity contribution in [2.75, 3.05) is 0 Å². The summed E-state index contributed by atoms with van der Waals surface area (Å²) in [7, 11) is 0. The van der Waals surface area contributed by atoms with Gasteiger partial charge in [0.05, 0.1) is 5.39 Å². The molecule has 0 bridgehead atoms. The molecule has 1 unspecified atom stereocenters. The Labute approximate surface area is 180 Å². The van der Waals surface area contributed by atoms with E-state index >= 15 is 0 Å². The van der Waals surface area contributed by atoms with E-state index in [-0.39, 0.29) is 16.4 Å². The molecule has 0 saturated carbocycles. The number of para-hydroxylation sites is 2. The quantitative estimate of drug-likeness (QED) is 0.327. The lowest BCUT2D eigenvalue weighted by Gasteiger charge is -2.48. The number of nitrogens with zero attached hydrogens (tertiary/aromatic N) is 2. The third kappa shape index (κ3) is 2.08. The van der Waals surface area contributed by atoms with Crippen molar-refractivity contribution >= 4 is 27.5 Å². The lowest BCUT2D eigenvalue weighted by atomic mass is 9.60. The molecule has 0 N–H and O–H groups in total. The number of benzene rings is 2. The Balaban J connectivity index is 2.20. The van der Waals surface area contributed by atoms with Crippen LogP contribution in [0.25, 0.3) is 27.5 Å². The predicted octanol–water partition coefficient (Wildman–Crippen LogP) is 7.03. The van der Waals surface area contributed by atoms with E-state index in [4.69, 9.17) is 0 Å². The van der Waals surface area contributed by atoms with Crippen molar-refractivity contribution in [3.05, 3.63) is 59.8 Å². The van der Waals surface area contributed by atoms with Gasteiger partial charge in [0, 0.05) is 10.8 Å². The van der Waals surface area contributed by atoms with Crippen LogP contribution < -0.4 is 4.57 Å². The van der Waals surface area contributed by atoms with E-state index in [0.717, 1.165) is 19.3 Å². The number of rotatable bonds is 3. The summed E-state index contributed by atoms with van der Waals surface area (Å²) in [4.78, 5) is 0. The lowest BCUT2D eigenvalue weighted by molar-refractivity contribution is -0.733. The largest absolute Gasteiger partial charge is 0.296 e. The molecule has 2 nitrogen and oxygen atoms in total. The molecule has 1 aliphatic rings. The topological polar surface area (TPSA) is 8.29 Å². The smallest absolute Gasteiger partial charge is 0.216 e. The standard InChI is InChI=1S/C28H35N2/c1-8-27(7)20-15-13-14-19-18-23(26(4,5)6)29-21-16-11-12-17-22(21)30(25(29)24(19)20)28(27,9-2)10-3/h11-18H,8-10H2,1-7H3/q+1. The minimum atomic E-state index is 0.0495. The van der Waals surface area contributed by atoms with E-state index < -0.39 is 0 Å². The monoisotopic (exact) mass is 399 g/mol. The second-order valence-corrected chi connectivity index (χ2v) is 10.5. The molecule has 156 valence electrons. The molecule has 0 spiro atoms. The predicted molar refractivity (Wildman–Crippen MR) is 128 cm³/mol. The van der Waals surface area contributed by atoms with Crippen molar-refractivity contribution in [2.24, 2.45) is 0 Å².